The third kappa shape index (κ3) is 4.58. The predicted octanol–water partition coefficient (Wildman–Crippen LogP) is 2.48. The molecule has 0 saturated heterocycles. The number of anilines is 1. The molecule has 0 saturated carbocycles. The fourth-order valence-electron chi connectivity index (χ4n) is 2.08. The van der Waals surface area contributed by atoms with E-state index in [4.69, 9.17) is 10.00 Å². The van der Waals surface area contributed by atoms with Crippen LogP contribution in [0.3, 0.4) is 0 Å². The number of amides is 2. The third-order valence-electron chi connectivity index (χ3n) is 3.32. The first kappa shape index (κ1) is 17.0. The van der Waals surface area contributed by atoms with Crippen LogP contribution in [0.25, 0.3) is 0 Å². The monoisotopic (exact) mass is 323 g/mol. The summed E-state index contributed by atoms with van der Waals surface area (Å²) in [4.78, 5) is 23.7. The Balaban J connectivity index is 2.02. The zero-order valence-electron chi connectivity index (χ0n) is 13.2. The Bertz CT molecular complexity index is 764. The molecule has 2 aromatic rings. The van der Waals surface area contributed by atoms with E-state index in [0.717, 1.165) is 5.56 Å². The number of nitrogens with zero attached hydrogens (tertiary/aromatic N) is 1. The lowest BCUT2D eigenvalue weighted by molar-refractivity contribution is -0.115. The molecule has 0 fully saturated rings. The fourth-order valence-corrected chi connectivity index (χ4v) is 2.08. The van der Waals surface area contributed by atoms with Crippen LogP contribution >= 0.6 is 0 Å². The molecule has 0 aliphatic rings. The van der Waals surface area contributed by atoms with Crippen LogP contribution in [-0.2, 0) is 11.3 Å². The second-order valence-electron chi connectivity index (χ2n) is 4.95. The van der Waals surface area contributed by atoms with Crippen molar-refractivity contribution in [2.24, 2.45) is 0 Å². The lowest BCUT2D eigenvalue weighted by atomic mass is 10.1. The number of ether oxygens (including phenoxy) is 1. The topological polar surface area (TPSA) is 91.2 Å². The smallest absolute Gasteiger partial charge is 0.251 e. The number of carbonyl (C=O) groups excluding carboxylic acids is 2. The minimum Gasteiger partial charge on any atom is -0.497 e. The van der Waals surface area contributed by atoms with Gasteiger partial charge in [0.25, 0.3) is 5.91 Å². The van der Waals surface area contributed by atoms with Crippen molar-refractivity contribution >= 4 is 17.5 Å². The summed E-state index contributed by atoms with van der Waals surface area (Å²) in [7, 11) is 1.56. The van der Waals surface area contributed by atoms with E-state index >= 15 is 0 Å². The average molecular weight is 323 g/mol. The van der Waals surface area contributed by atoms with Crippen molar-refractivity contribution in [1.29, 1.82) is 5.26 Å². The Morgan fingerprint density at radius 3 is 2.50 bits per heavy atom. The van der Waals surface area contributed by atoms with Gasteiger partial charge < -0.3 is 15.4 Å². The third-order valence-corrected chi connectivity index (χ3v) is 3.32. The maximum Gasteiger partial charge on any atom is 0.251 e. The largest absolute Gasteiger partial charge is 0.497 e. The van der Waals surface area contributed by atoms with E-state index in [2.05, 4.69) is 10.6 Å². The highest BCUT2D eigenvalue weighted by molar-refractivity contribution is 5.95. The second-order valence-corrected chi connectivity index (χ2v) is 4.95. The van der Waals surface area contributed by atoms with Gasteiger partial charge in [0, 0.05) is 17.8 Å². The van der Waals surface area contributed by atoms with Gasteiger partial charge >= 0.3 is 0 Å². The maximum absolute atomic E-state index is 12.2. The molecular weight excluding hydrogens is 306 g/mol. The van der Waals surface area contributed by atoms with Crippen LogP contribution in [0.5, 0.6) is 5.75 Å². The summed E-state index contributed by atoms with van der Waals surface area (Å²) in [5.41, 5.74) is 1.85. The summed E-state index contributed by atoms with van der Waals surface area (Å²) in [5, 5.41) is 14.0. The van der Waals surface area contributed by atoms with Gasteiger partial charge in [-0.25, -0.2) is 0 Å². The number of nitrogens with one attached hydrogen (secondary N) is 2. The molecule has 0 aliphatic heterocycles. The molecule has 2 rings (SSSR count). The van der Waals surface area contributed by atoms with E-state index in [1.54, 1.807) is 55.6 Å². The predicted molar refractivity (Wildman–Crippen MR) is 89.5 cm³/mol. The van der Waals surface area contributed by atoms with Crippen LogP contribution in [0.1, 0.15) is 22.3 Å². The zero-order valence-corrected chi connectivity index (χ0v) is 13.2. The molecule has 6 nitrogen and oxygen atoms in total. The minimum absolute atomic E-state index is 0.216. The summed E-state index contributed by atoms with van der Waals surface area (Å²) in [6.07, 6.45) is -0.216. The molecular formula is C18H17N3O3. The highest BCUT2D eigenvalue weighted by atomic mass is 16.5. The lowest BCUT2D eigenvalue weighted by Crippen LogP contribution is -2.23. The Labute approximate surface area is 140 Å². The van der Waals surface area contributed by atoms with Gasteiger partial charge in [0.2, 0.25) is 5.91 Å². The van der Waals surface area contributed by atoms with Gasteiger partial charge in [0.15, 0.2) is 0 Å². The molecule has 0 aromatic heterocycles. The Kier molecular flexibility index (Phi) is 5.92. The fraction of sp³-hybridized carbons (Fsp3) is 0.167. The number of methoxy groups -OCH3 is 1. The van der Waals surface area contributed by atoms with E-state index in [1.807, 2.05) is 6.07 Å². The highest BCUT2D eigenvalue weighted by Gasteiger charge is 2.09. The van der Waals surface area contributed by atoms with Gasteiger partial charge in [-0.3, -0.25) is 9.59 Å². The van der Waals surface area contributed by atoms with E-state index in [1.165, 1.54) is 0 Å². The molecule has 0 bridgehead atoms. The Hall–Kier alpha value is -3.33. The van der Waals surface area contributed by atoms with Crippen LogP contribution in [0.15, 0.2) is 48.5 Å². The normalized spacial score (nSPS) is 9.67. The van der Waals surface area contributed by atoms with E-state index < -0.39 is 0 Å². The SMILES string of the molecule is COc1ccc(C(=O)NCc2ccccc2NC(=O)CC#N)cc1. The molecule has 2 aromatic carbocycles. The number of para-hydroxylation sites is 1. The molecule has 6 heteroatoms. The minimum atomic E-state index is -0.383. The summed E-state index contributed by atoms with van der Waals surface area (Å²) in [6, 6.07) is 15.7. The summed E-state index contributed by atoms with van der Waals surface area (Å²) < 4.78 is 5.06. The first-order chi connectivity index (χ1) is 11.6. The number of nitriles is 1. The van der Waals surface area contributed by atoms with Crippen molar-refractivity contribution in [3.8, 4) is 11.8 Å². The summed E-state index contributed by atoms with van der Waals surface area (Å²) >= 11 is 0. The standard InChI is InChI=1S/C18H17N3O3/c1-24-15-8-6-13(7-9-15)18(23)20-12-14-4-2-3-5-16(14)21-17(22)10-11-19/h2-9H,10,12H2,1H3,(H,20,23)(H,21,22). The number of hydrogen-bond acceptors (Lipinski definition) is 4. The number of rotatable bonds is 6. The van der Waals surface area contributed by atoms with Crippen molar-refractivity contribution in [1.82, 2.24) is 5.32 Å². The first-order valence-electron chi connectivity index (χ1n) is 7.31. The molecule has 0 radical (unpaired) electrons. The van der Waals surface area contributed by atoms with E-state index in [9.17, 15) is 9.59 Å². The van der Waals surface area contributed by atoms with Gasteiger partial charge in [0.05, 0.1) is 13.2 Å². The van der Waals surface area contributed by atoms with Crippen molar-refractivity contribution in [3.05, 3.63) is 59.7 Å². The van der Waals surface area contributed by atoms with Crippen molar-refractivity contribution in [2.45, 2.75) is 13.0 Å². The molecule has 0 atom stereocenters. The van der Waals surface area contributed by atoms with Gasteiger partial charge in [-0.2, -0.15) is 5.26 Å². The second kappa shape index (κ2) is 8.34. The Morgan fingerprint density at radius 1 is 1.12 bits per heavy atom. The van der Waals surface area contributed by atoms with Crippen LogP contribution in [0, 0.1) is 11.3 Å². The summed E-state index contributed by atoms with van der Waals surface area (Å²) in [5.74, 6) is 0.0688. The van der Waals surface area contributed by atoms with Gasteiger partial charge in [-0.1, -0.05) is 18.2 Å². The van der Waals surface area contributed by atoms with Crippen LogP contribution in [0.4, 0.5) is 5.69 Å². The van der Waals surface area contributed by atoms with Crippen molar-refractivity contribution < 1.29 is 14.3 Å². The van der Waals surface area contributed by atoms with Crippen LogP contribution in [0.2, 0.25) is 0 Å². The molecule has 2 N–H and O–H groups in total. The molecule has 0 spiro atoms. The van der Waals surface area contributed by atoms with Gasteiger partial charge in [-0.15, -0.1) is 0 Å². The van der Waals surface area contributed by atoms with Gasteiger partial charge in [0.1, 0.15) is 12.2 Å². The zero-order chi connectivity index (χ0) is 17.4. The Morgan fingerprint density at radius 2 is 1.83 bits per heavy atom. The van der Waals surface area contributed by atoms with Crippen LogP contribution < -0.4 is 15.4 Å². The van der Waals surface area contributed by atoms with E-state index in [0.29, 0.717) is 17.0 Å². The molecule has 122 valence electrons. The quantitative estimate of drug-likeness (QED) is 0.854. The maximum atomic E-state index is 12.2. The van der Waals surface area contributed by atoms with Crippen molar-refractivity contribution in [3.63, 3.8) is 0 Å². The van der Waals surface area contributed by atoms with Crippen molar-refractivity contribution in [2.75, 3.05) is 12.4 Å². The number of carbonyl (C=O) groups is 2. The van der Waals surface area contributed by atoms with E-state index in [-0.39, 0.29) is 24.8 Å². The average Bonchev–Trinajstić information content (AvgIpc) is 2.61. The van der Waals surface area contributed by atoms with Crippen LogP contribution in [-0.4, -0.2) is 18.9 Å². The van der Waals surface area contributed by atoms with Gasteiger partial charge in [-0.05, 0) is 35.9 Å². The molecule has 0 heterocycles. The molecule has 0 aliphatic carbocycles. The number of hydrogen-bond donors (Lipinski definition) is 2. The molecule has 0 unspecified atom stereocenters. The molecule has 2 amide bonds. The number of benzene rings is 2. The highest BCUT2D eigenvalue weighted by Crippen LogP contribution is 2.16. The molecule has 24 heavy (non-hydrogen) atoms. The lowest BCUT2D eigenvalue weighted by Gasteiger charge is -2.11. The summed E-state index contributed by atoms with van der Waals surface area (Å²) in [6.45, 7) is 0.258. The first-order valence-corrected chi connectivity index (χ1v) is 7.31.